The standard InChI is InChI=1S/C11H23N3OSi/c1-10(8-7-9-13-14-12)15-16(5,6)11(2,3)4/h7-8,10H,9H2,1-6H3. The Morgan fingerprint density at radius 2 is 2.00 bits per heavy atom. The Bertz CT molecular complexity index is 288. The minimum Gasteiger partial charge on any atom is -0.411 e. The van der Waals surface area contributed by atoms with Gasteiger partial charge in [0.1, 0.15) is 0 Å². The summed E-state index contributed by atoms with van der Waals surface area (Å²) in [5.74, 6) is 0. The SMILES string of the molecule is CC(C=CCN=[N+]=[N-])O[Si](C)(C)C(C)(C)C. The molecule has 0 amide bonds. The molecule has 1 unspecified atom stereocenters. The van der Waals surface area contributed by atoms with Crippen molar-refractivity contribution in [2.45, 2.75) is 51.9 Å². The molecule has 0 heterocycles. The van der Waals surface area contributed by atoms with Crippen molar-refractivity contribution in [3.8, 4) is 0 Å². The quantitative estimate of drug-likeness (QED) is 0.233. The molecule has 0 saturated carbocycles. The number of rotatable bonds is 5. The topological polar surface area (TPSA) is 58.0 Å². The monoisotopic (exact) mass is 241 g/mol. The van der Waals surface area contributed by atoms with Crippen LogP contribution in [0.5, 0.6) is 0 Å². The summed E-state index contributed by atoms with van der Waals surface area (Å²) < 4.78 is 6.10. The molecule has 0 aromatic carbocycles. The zero-order valence-corrected chi connectivity index (χ0v) is 12.2. The molecule has 0 spiro atoms. The molecular weight excluding hydrogens is 218 g/mol. The van der Waals surface area contributed by atoms with Crippen LogP contribution in [-0.4, -0.2) is 21.0 Å². The minimum atomic E-state index is -1.69. The van der Waals surface area contributed by atoms with Gasteiger partial charge in [0, 0.05) is 11.5 Å². The van der Waals surface area contributed by atoms with Crippen molar-refractivity contribution in [2.75, 3.05) is 6.54 Å². The first kappa shape index (κ1) is 15.2. The third-order valence-corrected chi connectivity index (χ3v) is 7.52. The highest BCUT2D eigenvalue weighted by atomic mass is 28.4. The number of hydrogen-bond donors (Lipinski definition) is 0. The molecule has 0 aromatic heterocycles. The van der Waals surface area contributed by atoms with Crippen molar-refractivity contribution in [3.63, 3.8) is 0 Å². The highest BCUT2D eigenvalue weighted by Gasteiger charge is 2.37. The van der Waals surface area contributed by atoms with Crippen molar-refractivity contribution in [1.82, 2.24) is 0 Å². The van der Waals surface area contributed by atoms with E-state index in [1.165, 1.54) is 0 Å². The van der Waals surface area contributed by atoms with Crippen molar-refractivity contribution in [2.24, 2.45) is 5.11 Å². The Hall–Kier alpha value is -0.773. The van der Waals surface area contributed by atoms with E-state index in [4.69, 9.17) is 9.96 Å². The fraction of sp³-hybridized carbons (Fsp3) is 0.818. The lowest BCUT2D eigenvalue weighted by Gasteiger charge is -2.37. The largest absolute Gasteiger partial charge is 0.411 e. The number of nitrogens with zero attached hydrogens (tertiary/aromatic N) is 3. The fourth-order valence-corrected chi connectivity index (χ4v) is 2.38. The predicted octanol–water partition coefficient (Wildman–Crippen LogP) is 4.26. The second kappa shape index (κ2) is 6.08. The highest BCUT2D eigenvalue weighted by molar-refractivity contribution is 6.74. The number of hydrogen-bond acceptors (Lipinski definition) is 2. The molecular formula is C11H23N3OSi. The highest BCUT2D eigenvalue weighted by Crippen LogP contribution is 2.37. The maximum Gasteiger partial charge on any atom is 0.192 e. The van der Waals surface area contributed by atoms with E-state index in [0.29, 0.717) is 6.54 Å². The van der Waals surface area contributed by atoms with Crippen molar-refractivity contribution in [3.05, 3.63) is 22.6 Å². The molecule has 0 aliphatic carbocycles. The lowest BCUT2D eigenvalue weighted by molar-refractivity contribution is 0.243. The van der Waals surface area contributed by atoms with Crippen LogP contribution < -0.4 is 0 Å². The van der Waals surface area contributed by atoms with Crippen LogP contribution in [0.2, 0.25) is 18.1 Å². The van der Waals surface area contributed by atoms with Gasteiger partial charge in [-0.15, -0.1) is 0 Å². The third kappa shape index (κ3) is 5.35. The van der Waals surface area contributed by atoms with Gasteiger partial charge >= 0.3 is 0 Å². The van der Waals surface area contributed by atoms with Crippen molar-refractivity contribution in [1.29, 1.82) is 0 Å². The van der Waals surface area contributed by atoms with Crippen LogP contribution in [0.25, 0.3) is 10.4 Å². The summed E-state index contributed by atoms with van der Waals surface area (Å²) in [5.41, 5.74) is 8.12. The molecule has 0 radical (unpaired) electrons. The van der Waals surface area contributed by atoms with E-state index in [0.717, 1.165) is 0 Å². The van der Waals surface area contributed by atoms with Gasteiger partial charge in [0.2, 0.25) is 0 Å². The summed E-state index contributed by atoms with van der Waals surface area (Å²) >= 11 is 0. The second-order valence-corrected chi connectivity index (χ2v) is 10.2. The van der Waals surface area contributed by atoms with E-state index in [9.17, 15) is 0 Å². The lowest BCUT2D eigenvalue weighted by Crippen LogP contribution is -2.42. The summed E-state index contributed by atoms with van der Waals surface area (Å²) in [6.45, 7) is 13.5. The second-order valence-electron chi connectivity index (χ2n) is 5.42. The van der Waals surface area contributed by atoms with Gasteiger partial charge < -0.3 is 4.43 Å². The van der Waals surface area contributed by atoms with Crippen LogP contribution in [-0.2, 0) is 4.43 Å². The first-order chi connectivity index (χ1) is 7.20. The van der Waals surface area contributed by atoms with Gasteiger partial charge in [-0.3, -0.25) is 0 Å². The summed E-state index contributed by atoms with van der Waals surface area (Å²) in [6.07, 6.45) is 3.88. The zero-order valence-electron chi connectivity index (χ0n) is 11.2. The molecule has 4 nitrogen and oxygen atoms in total. The Balaban J connectivity index is 4.29. The van der Waals surface area contributed by atoms with E-state index in [1.807, 2.05) is 19.1 Å². The average Bonchev–Trinajstić information content (AvgIpc) is 2.10. The Kier molecular flexibility index (Phi) is 5.79. The van der Waals surface area contributed by atoms with E-state index >= 15 is 0 Å². The smallest absolute Gasteiger partial charge is 0.192 e. The van der Waals surface area contributed by atoms with Crippen molar-refractivity contribution < 1.29 is 4.43 Å². The van der Waals surface area contributed by atoms with E-state index in [2.05, 4.69) is 43.9 Å². The molecule has 0 aliphatic heterocycles. The zero-order chi connectivity index (χ0) is 12.8. The van der Waals surface area contributed by atoms with Crippen LogP contribution >= 0.6 is 0 Å². The molecule has 0 aliphatic rings. The summed E-state index contributed by atoms with van der Waals surface area (Å²) in [5, 5.41) is 3.66. The van der Waals surface area contributed by atoms with Crippen molar-refractivity contribution >= 4 is 8.32 Å². The summed E-state index contributed by atoms with van der Waals surface area (Å²) in [7, 11) is -1.69. The Morgan fingerprint density at radius 1 is 1.44 bits per heavy atom. The Morgan fingerprint density at radius 3 is 2.44 bits per heavy atom. The van der Waals surface area contributed by atoms with Crippen LogP contribution in [0.4, 0.5) is 0 Å². The molecule has 0 N–H and O–H groups in total. The van der Waals surface area contributed by atoms with Gasteiger partial charge in [-0.25, -0.2) is 0 Å². The molecule has 1 atom stereocenters. The van der Waals surface area contributed by atoms with E-state index < -0.39 is 8.32 Å². The minimum absolute atomic E-state index is 0.0785. The third-order valence-electron chi connectivity index (χ3n) is 2.94. The van der Waals surface area contributed by atoms with Crippen LogP contribution in [0.3, 0.4) is 0 Å². The van der Waals surface area contributed by atoms with Crippen LogP contribution in [0.1, 0.15) is 27.7 Å². The van der Waals surface area contributed by atoms with E-state index in [-0.39, 0.29) is 11.1 Å². The molecule has 0 saturated heterocycles. The van der Waals surface area contributed by atoms with Gasteiger partial charge in [0.15, 0.2) is 8.32 Å². The maximum absolute atomic E-state index is 8.12. The van der Waals surface area contributed by atoms with Crippen LogP contribution in [0, 0.1) is 0 Å². The van der Waals surface area contributed by atoms with Gasteiger partial charge in [0.05, 0.1) is 6.10 Å². The summed E-state index contributed by atoms with van der Waals surface area (Å²) in [4.78, 5) is 2.69. The first-order valence-electron chi connectivity index (χ1n) is 5.56. The molecule has 0 aromatic rings. The maximum atomic E-state index is 8.12. The van der Waals surface area contributed by atoms with Gasteiger partial charge in [-0.2, -0.15) is 0 Å². The average molecular weight is 241 g/mol. The van der Waals surface area contributed by atoms with Crippen LogP contribution in [0.15, 0.2) is 17.3 Å². The molecule has 0 bridgehead atoms. The van der Waals surface area contributed by atoms with Gasteiger partial charge in [-0.05, 0) is 30.6 Å². The summed E-state index contributed by atoms with van der Waals surface area (Å²) in [6, 6.07) is 0. The fourth-order valence-electron chi connectivity index (χ4n) is 1.02. The van der Waals surface area contributed by atoms with Gasteiger partial charge in [0.25, 0.3) is 0 Å². The molecule has 16 heavy (non-hydrogen) atoms. The lowest BCUT2D eigenvalue weighted by atomic mass is 10.2. The molecule has 0 rings (SSSR count). The first-order valence-corrected chi connectivity index (χ1v) is 8.47. The molecule has 0 fully saturated rings. The number of azide groups is 1. The molecule has 92 valence electrons. The Labute approximate surface area is 99.5 Å². The predicted molar refractivity (Wildman–Crippen MR) is 70.9 cm³/mol. The van der Waals surface area contributed by atoms with Gasteiger partial charge in [-0.1, -0.05) is 38.0 Å². The normalized spacial score (nSPS) is 14.9. The van der Waals surface area contributed by atoms with E-state index in [1.54, 1.807) is 0 Å². The molecule has 5 heteroatoms.